The van der Waals surface area contributed by atoms with Crippen LogP contribution in [0.3, 0.4) is 0 Å². The van der Waals surface area contributed by atoms with Gasteiger partial charge >= 0.3 is 5.97 Å². The molecule has 0 bridgehead atoms. The van der Waals surface area contributed by atoms with Gasteiger partial charge in [0, 0.05) is 16.3 Å². The van der Waals surface area contributed by atoms with Gasteiger partial charge in [-0.1, -0.05) is 29.8 Å². The van der Waals surface area contributed by atoms with E-state index in [9.17, 15) is 9.18 Å². The number of para-hydroxylation sites is 2. The predicted octanol–water partition coefficient (Wildman–Crippen LogP) is 4.68. The van der Waals surface area contributed by atoms with Crippen molar-refractivity contribution in [1.29, 1.82) is 0 Å². The molecule has 1 aliphatic rings. The van der Waals surface area contributed by atoms with Crippen LogP contribution in [0.5, 0.6) is 0 Å². The zero-order valence-corrected chi connectivity index (χ0v) is 15.5. The number of halogens is 2. The number of ether oxygens (including phenoxy) is 1. The van der Waals surface area contributed by atoms with Gasteiger partial charge in [0.1, 0.15) is 11.9 Å². The number of anilines is 1. The van der Waals surface area contributed by atoms with E-state index in [2.05, 4.69) is 10.3 Å². The molecule has 0 saturated carbocycles. The molecule has 1 aromatic heterocycles. The number of rotatable bonds is 3. The number of allylic oxidation sites excluding steroid dienone is 1. The molecule has 5 nitrogen and oxygen atoms in total. The fraction of sp³-hybridized carbons (Fsp3) is 0.200. The molecule has 0 radical (unpaired) electrons. The number of aromatic nitrogens is 2. The molecule has 0 spiro atoms. The fourth-order valence-corrected chi connectivity index (χ4v) is 3.75. The van der Waals surface area contributed by atoms with Crippen LogP contribution in [-0.4, -0.2) is 22.1 Å². The highest BCUT2D eigenvalue weighted by atomic mass is 35.5. The van der Waals surface area contributed by atoms with Crippen molar-refractivity contribution in [1.82, 2.24) is 9.55 Å². The Bertz CT molecular complexity index is 1070. The lowest BCUT2D eigenvalue weighted by atomic mass is 9.94. The maximum atomic E-state index is 14.9. The Morgan fingerprint density at radius 3 is 2.81 bits per heavy atom. The Morgan fingerprint density at radius 1 is 1.30 bits per heavy atom. The minimum Gasteiger partial charge on any atom is -0.463 e. The molecule has 1 N–H and O–H groups in total. The molecule has 4 rings (SSSR count). The minimum absolute atomic E-state index is 0.213. The summed E-state index contributed by atoms with van der Waals surface area (Å²) in [5, 5.41) is 3.38. The summed E-state index contributed by atoms with van der Waals surface area (Å²) in [6, 6.07) is 11.2. The lowest BCUT2D eigenvalue weighted by Crippen LogP contribution is -2.29. The third kappa shape index (κ3) is 2.77. The molecule has 0 aliphatic carbocycles. The molecular formula is C20H17ClFN3O2. The van der Waals surface area contributed by atoms with Crippen LogP contribution in [0.25, 0.3) is 11.0 Å². The van der Waals surface area contributed by atoms with Gasteiger partial charge in [0.05, 0.1) is 23.2 Å². The molecule has 1 aliphatic heterocycles. The van der Waals surface area contributed by atoms with Crippen LogP contribution in [-0.2, 0) is 9.53 Å². The highest BCUT2D eigenvalue weighted by molar-refractivity contribution is 6.31. The van der Waals surface area contributed by atoms with Crippen LogP contribution >= 0.6 is 11.6 Å². The molecule has 2 aromatic carbocycles. The Balaban J connectivity index is 2.05. The number of esters is 1. The highest BCUT2D eigenvalue weighted by Gasteiger charge is 2.37. The molecule has 7 heteroatoms. The summed E-state index contributed by atoms with van der Waals surface area (Å²) in [7, 11) is 0. The first-order chi connectivity index (χ1) is 13.0. The summed E-state index contributed by atoms with van der Waals surface area (Å²) in [4.78, 5) is 17.3. The zero-order chi connectivity index (χ0) is 19.1. The molecule has 1 atom stereocenters. The van der Waals surface area contributed by atoms with E-state index in [1.165, 1.54) is 12.1 Å². The van der Waals surface area contributed by atoms with Crippen molar-refractivity contribution in [2.75, 3.05) is 11.9 Å². The van der Waals surface area contributed by atoms with Gasteiger partial charge in [0.2, 0.25) is 5.95 Å². The number of hydrogen-bond acceptors (Lipinski definition) is 4. The van der Waals surface area contributed by atoms with E-state index < -0.39 is 17.8 Å². The van der Waals surface area contributed by atoms with Gasteiger partial charge in [-0.2, -0.15) is 0 Å². The van der Waals surface area contributed by atoms with E-state index in [0.29, 0.717) is 17.2 Å². The zero-order valence-electron chi connectivity index (χ0n) is 14.8. The Hall–Kier alpha value is -2.86. The largest absolute Gasteiger partial charge is 0.463 e. The number of carbonyl (C=O) groups is 1. The van der Waals surface area contributed by atoms with Crippen LogP contribution in [0.2, 0.25) is 5.02 Å². The normalized spacial score (nSPS) is 16.2. The summed E-state index contributed by atoms with van der Waals surface area (Å²) >= 11 is 6.37. The summed E-state index contributed by atoms with van der Waals surface area (Å²) in [6.45, 7) is 3.69. The molecule has 0 saturated heterocycles. The Morgan fingerprint density at radius 2 is 2.07 bits per heavy atom. The number of carbonyl (C=O) groups excluding carboxylic acids is 1. The first kappa shape index (κ1) is 17.5. The van der Waals surface area contributed by atoms with E-state index in [4.69, 9.17) is 16.3 Å². The monoisotopic (exact) mass is 385 g/mol. The predicted molar refractivity (Wildman–Crippen MR) is 102 cm³/mol. The van der Waals surface area contributed by atoms with Crippen molar-refractivity contribution in [3.63, 3.8) is 0 Å². The fourth-order valence-electron chi connectivity index (χ4n) is 3.48. The molecule has 2 heterocycles. The molecule has 138 valence electrons. The number of hydrogen-bond donors (Lipinski definition) is 1. The number of fused-ring (bicyclic) bond motifs is 3. The third-order valence-corrected chi connectivity index (χ3v) is 4.93. The second-order valence-corrected chi connectivity index (χ2v) is 6.62. The van der Waals surface area contributed by atoms with E-state index in [0.717, 1.165) is 11.0 Å². The van der Waals surface area contributed by atoms with Crippen LogP contribution in [0.1, 0.15) is 25.5 Å². The van der Waals surface area contributed by atoms with Crippen LogP contribution in [0.4, 0.5) is 10.3 Å². The second-order valence-electron chi connectivity index (χ2n) is 6.22. The first-order valence-electron chi connectivity index (χ1n) is 8.58. The van der Waals surface area contributed by atoms with Gasteiger partial charge in [-0.05, 0) is 38.1 Å². The van der Waals surface area contributed by atoms with Gasteiger partial charge in [-0.25, -0.2) is 14.2 Å². The summed E-state index contributed by atoms with van der Waals surface area (Å²) in [6.07, 6.45) is 0. The van der Waals surface area contributed by atoms with E-state index >= 15 is 0 Å². The lowest BCUT2D eigenvalue weighted by Gasteiger charge is -2.30. The van der Waals surface area contributed by atoms with Crippen molar-refractivity contribution in [3.8, 4) is 0 Å². The van der Waals surface area contributed by atoms with Gasteiger partial charge in [0.15, 0.2) is 0 Å². The molecule has 3 aromatic rings. The smallest absolute Gasteiger partial charge is 0.338 e. The van der Waals surface area contributed by atoms with E-state index in [1.807, 2.05) is 24.3 Å². The summed E-state index contributed by atoms with van der Waals surface area (Å²) in [5.74, 6) is -0.492. The van der Waals surface area contributed by atoms with E-state index in [1.54, 1.807) is 24.5 Å². The van der Waals surface area contributed by atoms with Crippen LogP contribution in [0.15, 0.2) is 53.7 Å². The maximum Gasteiger partial charge on any atom is 0.338 e. The average molecular weight is 386 g/mol. The van der Waals surface area contributed by atoms with Crippen molar-refractivity contribution < 1.29 is 13.9 Å². The highest BCUT2D eigenvalue weighted by Crippen LogP contribution is 2.42. The van der Waals surface area contributed by atoms with E-state index in [-0.39, 0.29) is 17.2 Å². The second kappa shape index (κ2) is 6.70. The van der Waals surface area contributed by atoms with Crippen molar-refractivity contribution in [3.05, 3.63) is 70.1 Å². The molecule has 1 unspecified atom stereocenters. The van der Waals surface area contributed by atoms with Crippen LogP contribution in [0, 0.1) is 5.82 Å². The number of imidazole rings is 1. The standard InChI is InChI=1S/C20H17ClFN3O2/c1-3-27-19(26)16-11(2)23-20-24-14-9-4-5-10-15(14)25(20)18(16)17-12(21)7-6-8-13(17)22/h4-10,18H,3H2,1-2H3,(H,23,24). The Labute approximate surface area is 160 Å². The molecule has 0 fully saturated rings. The summed E-state index contributed by atoms with van der Waals surface area (Å²) in [5.41, 5.74) is 2.57. The van der Waals surface area contributed by atoms with Crippen molar-refractivity contribution >= 4 is 34.6 Å². The maximum absolute atomic E-state index is 14.9. The Kier molecular flexibility index (Phi) is 4.36. The first-order valence-corrected chi connectivity index (χ1v) is 8.96. The van der Waals surface area contributed by atoms with Gasteiger partial charge in [-0.15, -0.1) is 0 Å². The van der Waals surface area contributed by atoms with Crippen molar-refractivity contribution in [2.45, 2.75) is 19.9 Å². The average Bonchev–Trinajstić information content (AvgIpc) is 2.99. The number of nitrogens with one attached hydrogen (secondary N) is 1. The quantitative estimate of drug-likeness (QED) is 0.665. The number of benzene rings is 2. The SMILES string of the molecule is CCOC(=O)C1=C(C)Nc2nc3ccccc3n2C1c1c(F)cccc1Cl. The molecule has 0 amide bonds. The summed E-state index contributed by atoms with van der Waals surface area (Å²) < 4.78 is 21.9. The number of nitrogens with zero attached hydrogens (tertiary/aromatic N) is 2. The molecular weight excluding hydrogens is 369 g/mol. The lowest BCUT2D eigenvalue weighted by molar-refractivity contribution is -0.139. The van der Waals surface area contributed by atoms with Crippen molar-refractivity contribution in [2.24, 2.45) is 0 Å². The van der Waals surface area contributed by atoms with Gasteiger partial charge in [0.25, 0.3) is 0 Å². The molecule has 27 heavy (non-hydrogen) atoms. The van der Waals surface area contributed by atoms with Crippen LogP contribution < -0.4 is 5.32 Å². The third-order valence-electron chi connectivity index (χ3n) is 4.60. The van der Waals surface area contributed by atoms with Gasteiger partial charge < -0.3 is 10.1 Å². The minimum atomic E-state index is -0.790. The van der Waals surface area contributed by atoms with Gasteiger partial charge in [-0.3, -0.25) is 4.57 Å². The topological polar surface area (TPSA) is 56.1 Å².